The Labute approximate surface area is 105 Å². The van der Waals surface area contributed by atoms with Crippen LogP contribution >= 0.6 is 0 Å². The molecule has 5 heteroatoms. The van der Waals surface area contributed by atoms with Gasteiger partial charge in [-0.05, 0) is 18.6 Å². The fourth-order valence-corrected chi connectivity index (χ4v) is 1.40. The minimum absolute atomic E-state index is 0.218. The van der Waals surface area contributed by atoms with Crippen molar-refractivity contribution in [1.82, 2.24) is 9.78 Å². The molecule has 2 rings (SSSR count). The van der Waals surface area contributed by atoms with Gasteiger partial charge in [0.15, 0.2) is 0 Å². The van der Waals surface area contributed by atoms with Crippen LogP contribution in [0.3, 0.4) is 0 Å². The molecule has 0 aliphatic rings. The van der Waals surface area contributed by atoms with Gasteiger partial charge in [0.25, 0.3) is 0 Å². The first-order valence-corrected chi connectivity index (χ1v) is 5.52. The van der Waals surface area contributed by atoms with E-state index in [0.29, 0.717) is 5.84 Å². The average Bonchev–Trinajstić information content (AvgIpc) is 2.91. The number of hydrogen-bond acceptors (Lipinski definition) is 3. The Bertz CT molecular complexity index is 533. The normalized spacial score (nSPS) is 11.3. The zero-order valence-electron chi connectivity index (χ0n) is 9.98. The lowest BCUT2D eigenvalue weighted by atomic mass is 10.2. The number of nitrogens with zero attached hydrogens (tertiary/aromatic N) is 3. The highest BCUT2D eigenvalue weighted by atomic mass is 16.5. The zero-order valence-corrected chi connectivity index (χ0v) is 9.98. The third kappa shape index (κ3) is 3.28. The quantitative estimate of drug-likeness (QED) is 0.601. The van der Waals surface area contributed by atoms with Crippen molar-refractivity contribution in [3.8, 4) is 0 Å². The highest BCUT2D eigenvalue weighted by Gasteiger charge is 2.03. The molecule has 1 heterocycles. The fraction of sp³-hybridized carbons (Fsp3) is 0.154. The van der Waals surface area contributed by atoms with E-state index in [0.717, 1.165) is 5.56 Å². The van der Waals surface area contributed by atoms with Gasteiger partial charge in [-0.15, -0.1) is 0 Å². The first-order chi connectivity index (χ1) is 8.75. The van der Waals surface area contributed by atoms with Crippen molar-refractivity contribution in [2.24, 2.45) is 4.99 Å². The molecule has 0 spiro atoms. The molecule has 0 saturated heterocycles. The Morgan fingerprint density at radius 1 is 1.33 bits per heavy atom. The summed E-state index contributed by atoms with van der Waals surface area (Å²) in [7, 11) is 0. The molecule has 1 aromatic carbocycles. The van der Waals surface area contributed by atoms with Crippen molar-refractivity contribution in [2.75, 3.05) is 0 Å². The van der Waals surface area contributed by atoms with E-state index in [1.165, 1.54) is 4.68 Å². The van der Waals surface area contributed by atoms with Gasteiger partial charge in [0.05, 0.1) is 0 Å². The Morgan fingerprint density at radius 2 is 2.11 bits per heavy atom. The SMILES string of the molecule is CC(=NC(=O)OCc1ccccc1)n1cccn1. The summed E-state index contributed by atoms with van der Waals surface area (Å²) < 4.78 is 6.53. The first-order valence-electron chi connectivity index (χ1n) is 5.52. The van der Waals surface area contributed by atoms with Gasteiger partial charge in [-0.1, -0.05) is 30.3 Å². The molecule has 0 bridgehead atoms. The van der Waals surface area contributed by atoms with Crippen LogP contribution < -0.4 is 0 Å². The number of aromatic nitrogens is 2. The van der Waals surface area contributed by atoms with E-state index < -0.39 is 6.09 Å². The molecule has 0 aliphatic heterocycles. The van der Waals surface area contributed by atoms with Crippen molar-refractivity contribution in [3.05, 3.63) is 54.4 Å². The van der Waals surface area contributed by atoms with E-state index in [-0.39, 0.29) is 6.61 Å². The summed E-state index contributed by atoms with van der Waals surface area (Å²) in [5.41, 5.74) is 0.929. The number of rotatable bonds is 2. The predicted octanol–water partition coefficient (Wildman–Crippen LogP) is 2.49. The summed E-state index contributed by atoms with van der Waals surface area (Å²) in [6, 6.07) is 11.2. The number of hydrogen-bond donors (Lipinski definition) is 0. The van der Waals surface area contributed by atoms with E-state index >= 15 is 0 Å². The molecule has 92 valence electrons. The van der Waals surface area contributed by atoms with Gasteiger partial charge in [-0.3, -0.25) is 0 Å². The van der Waals surface area contributed by atoms with Gasteiger partial charge in [0.1, 0.15) is 12.4 Å². The van der Waals surface area contributed by atoms with E-state index in [4.69, 9.17) is 4.74 Å². The Kier molecular flexibility index (Phi) is 3.86. The molecule has 1 amide bonds. The van der Waals surface area contributed by atoms with Gasteiger partial charge in [0.2, 0.25) is 0 Å². The van der Waals surface area contributed by atoms with Crippen LogP contribution in [0.25, 0.3) is 0 Å². The summed E-state index contributed by atoms with van der Waals surface area (Å²) in [4.78, 5) is 15.3. The van der Waals surface area contributed by atoms with Crippen LogP contribution in [0.1, 0.15) is 12.5 Å². The van der Waals surface area contributed by atoms with Gasteiger partial charge in [-0.2, -0.15) is 10.1 Å². The van der Waals surface area contributed by atoms with Crippen molar-refractivity contribution >= 4 is 11.9 Å². The van der Waals surface area contributed by atoms with Crippen LogP contribution in [-0.2, 0) is 11.3 Å². The minimum atomic E-state index is -0.619. The number of aliphatic imine (C=N–C) groups is 1. The molecule has 2 aromatic rings. The third-order valence-electron chi connectivity index (χ3n) is 2.29. The van der Waals surface area contributed by atoms with Crippen molar-refractivity contribution in [2.45, 2.75) is 13.5 Å². The lowest BCUT2D eigenvalue weighted by Crippen LogP contribution is -2.11. The Morgan fingerprint density at radius 3 is 2.78 bits per heavy atom. The molecular formula is C13H13N3O2. The van der Waals surface area contributed by atoms with Gasteiger partial charge in [-0.25, -0.2) is 9.48 Å². The van der Waals surface area contributed by atoms with Crippen molar-refractivity contribution in [3.63, 3.8) is 0 Å². The minimum Gasteiger partial charge on any atom is -0.443 e. The molecule has 0 fully saturated rings. The lowest BCUT2D eigenvalue weighted by molar-refractivity contribution is 0.150. The van der Waals surface area contributed by atoms with E-state index in [1.807, 2.05) is 30.3 Å². The summed E-state index contributed by atoms with van der Waals surface area (Å²) >= 11 is 0. The maximum absolute atomic E-state index is 11.5. The molecule has 0 unspecified atom stereocenters. The standard InChI is InChI=1S/C13H13N3O2/c1-11(16-9-5-8-14-16)15-13(17)18-10-12-6-3-2-4-7-12/h2-9H,10H2,1H3. The number of benzene rings is 1. The molecule has 0 saturated carbocycles. The smallest absolute Gasteiger partial charge is 0.435 e. The predicted molar refractivity (Wildman–Crippen MR) is 67.4 cm³/mol. The van der Waals surface area contributed by atoms with E-state index in [1.54, 1.807) is 25.4 Å². The van der Waals surface area contributed by atoms with Crippen LogP contribution in [0.2, 0.25) is 0 Å². The second kappa shape index (κ2) is 5.77. The molecule has 0 radical (unpaired) electrons. The largest absolute Gasteiger partial charge is 0.443 e. The van der Waals surface area contributed by atoms with Crippen LogP contribution in [0, 0.1) is 0 Å². The van der Waals surface area contributed by atoms with Crippen LogP contribution in [0.5, 0.6) is 0 Å². The lowest BCUT2D eigenvalue weighted by Gasteiger charge is -2.02. The number of carbonyl (C=O) groups excluding carboxylic acids is 1. The molecule has 0 N–H and O–H groups in total. The van der Waals surface area contributed by atoms with Crippen LogP contribution in [0.15, 0.2) is 53.8 Å². The molecule has 18 heavy (non-hydrogen) atoms. The Balaban J connectivity index is 1.91. The summed E-state index contributed by atoms with van der Waals surface area (Å²) in [6.45, 7) is 1.91. The second-order valence-corrected chi connectivity index (χ2v) is 3.65. The van der Waals surface area contributed by atoms with Gasteiger partial charge >= 0.3 is 6.09 Å². The monoisotopic (exact) mass is 243 g/mol. The number of amides is 1. The average molecular weight is 243 g/mol. The Hall–Kier alpha value is -2.43. The maximum atomic E-state index is 11.5. The first kappa shape index (κ1) is 12.0. The number of ether oxygens (including phenoxy) is 1. The highest BCUT2D eigenvalue weighted by Crippen LogP contribution is 2.01. The zero-order chi connectivity index (χ0) is 12.8. The summed E-state index contributed by atoms with van der Waals surface area (Å²) in [5, 5.41) is 3.97. The molecule has 0 atom stereocenters. The van der Waals surface area contributed by atoms with Gasteiger partial charge < -0.3 is 4.74 Å². The van der Waals surface area contributed by atoms with Gasteiger partial charge in [0, 0.05) is 12.4 Å². The molecule has 0 aliphatic carbocycles. The molecular weight excluding hydrogens is 230 g/mol. The third-order valence-corrected chi connectivity index (χ3v) is 2.29. The molecule has 1 aromatic heterocycles. The molecule has 5 nitrogen and oxygen atoms in total. The second-order valence-electron chi connectivity index (χ2n) is 3.65. The van der Waals surface area contributed by atoms with Crippen LogP contribution in [-0.4, -0.2) is 21.7 Å². The maximum Gasteiger partial charge on any atom is 0.435 e. The highest BCUT2D eigenvalue weighted by molar-refractivity contribution is 5.90. The summed E-state index contributed by atoms with van der Waals surface area (Å²) in [6.07, 6.45) is 2.71. The van der Waals surface area contributed by atoms with Crippen molar-refractivity contribution in [1.29, 1.82) is 0 Å². The van der Waals surface area contributed by atoms with Crippen LogP contribution in [0.4, 0.5) is 4.79 Å². The van der Waals surface area contributed by atoms with Crippen molar-refractivity contribution < 1.29 is 9.53 Å². The van der Waals surface area contributed by atoms with E-state index in [9.17, 15) is 4.79 Å². The fourth-order valence-electron chi connectivity index (χ4n) is 1.40. The topological polar surface area (TPSA) is 56.5 Å². The summed E-state index contributed by atoms with van der Waals surface area (Å²) in [5.74, 6) is 0.470. The number of carbonyl (C=O) groups is 1. The van der Waals surface area contributed by atoms with E-state index in [2.05, 4.69) is 10.1 Å².